The van der Waals surface area contributed by atoms with E-state index >= 15 is 0 Å². The summed E-state index contributed by atoms with van der Waals surface area (Å²) in [5, 5.41) is 20.5. The average Bonchev–Trinajstić information content (AvgIpc) is 2.71. The Labute approximate surface area is 111 Å². The molecule has 0 unspecified atom stereocenters. The first-order chi connectivity index (χ1) is 8.89. The minimum absolute atomic E-state index is 0.0427. The van der Waals surface area contributed by atoms with Crippen molar-refractivity contribution in [3.63, 3.8) is 0 Å². The van der Waals surface area contributed by atoms with Crippen molar-refractivity contribution in [3.8, 4) is 0 Å². The second-order valence-corrected chi connectivity index (χ2v) is 5.99. The maximum atomic E-state index is 11.9. The van der Waals surface area contributed by atoms with E-state index in [0.717, 1.165) is 12.8 Å². The quantitative estimate of drug-likeness (QED) is 0.583. The van der Waals surface area contributed by atoms with Crippen molar-refractivity contribution in [2.24, 2.45) is 0 Å². The Bertz CT molecular complexity index is 435. The fraction of sp³-hybridized carbons (Fsp3) is 0.846. The third-order valence-corrected chi connectivity index (χ3v) is 4.80. The maximum absolute atomic E-state index is 11.9. The molecular formula is C13H19NO5. The van der Waals surface area contributed by atoms with Crippen LogP contribution in [0.2, 0.25) is 0 Å². The van der Waals surface area contributed by atoms with Crippen molar-refractivity contribution in [2.45, 2.75) is 62.4 Å². The lowest BCUT2D eigenvalue weighted by Crippen LogP contribution is -2.58. The molecule has 0 saturated carbocycles. The fourth-order valence-electron chi connectivity index (χ4n) is 3.73. The number of carbonyl (C=O) groups excluding carboxylic acids is 2. The molecule has 3 rings (SSSR count). The molecule has 3 saturated heterocycles. The van der Waals surface area contributed by atoms with Crippen LogP contribution in [-0.4, -0.2) is 56.9 Å². The molecular weight excluding hydrogens is 250 g/mol. The molecule has 3 fully saturated rings. The molecule has 0 radical (unpaired) electrons. The van der Waals surface area contributed by atoms with Crippen LogP contribution in [0.5, 0.6) is 0 Å². The Morgan fingerprint density at radius 1 is 1.37 bits per heavy atom. The number of hydrogen-bond donors (Lipinski definition) is 2. The van der Waals surface area contributed by atoms with E-state index in [1.54, 1.807) is 4.90 Å². The number of carbonyl (C=O) groups is 2. The van der Waals surface area contributed by atoms with Gasteiger partial charge in [-0.3, -0.25) is 4.79 Å². The van der Waals surface area contributed by atoms with Gasteiger partial charge in [0, 0.05) is 13.0 Å². The smallest absolute Gasteiger partial charge is 0.341 e. The van der Waals surface area contributed by atoms with Crippen LogP contribution in [0.1, 0.15) is 39.0 Å². The largest absolute Gasteiger partial charge is 0.452 e. The van der Waals surface area contributed by atoms with Crippen molar-refractivity contribution in [3.05, 3.63) is 0 Å². The predicted octanol–water partition coefficient (Wildman–Crippen LogP) is -0.431. The number of ether oxygens (including phenoxy) is 1. The lowest BCUT2D eigenvalue weighted by molar-refractivity contribution is -0.163. The molecule has 0 bridgehead atoms. The Morgan fingerprint density at radius 2 is 2.11 bits per heavy atom. The van der Waals surface area contributed by atoms with Gasteiger partial charge in [0.2, 0.25) is 5.91 Å². The van der Waals surface area contributed by atoms with Gasteiger partial charge in [0.1, 0.15) is 6.10 Å². The van der Waals surface area contributed by atoms with Crippen molar-refractivity contribution in [1.29, 1.82) is 0 Å². The molecule has 2 N–H and O–H groups in total. The van der Waals surface area contributed by atoms with Gasteiger partial charge in [-0.2, -0.15) is 0 Å². The van der Waals surface area contributed by atoms with Gasteiger partial charge < -0.3 is 19.8 Å². The molecule has 6 heteroatoms. The normalized spacial score (nSPS) is 46.4. The lowest BCUT2D eigenvalue weighted by atomic mass is 9.79. The molecule has 0 aromatic rings. The summed E-state index contributed by atoms with van der Waals surface area (Å²) in [6, 6.07) is -0.310. The van der Waals surface area contributed by atoms with Crippen LogP contribution in [0.3, 0.4) is 0 Å². The molecule has 106 valence electrons. The van der Waals surface area contributed by atoms with Gasteiger partial charge in [-0.25, -0.2) is 4.79 Å². The third kappa shape index (κ3) is 1.56. The molecule has 1 amide bonds. The highest BCUT2D eigenvalue weighted by Crippen LogP contribution is 2.46. The topological polar surface area (TPSA) is 87.1 Å². The molecule has 0 aromatic heterocycles. The number of fused-ring (bicyclic) bond motifs is 2. The average molecular weight is 269 g/mol. The monoisotopic (exact) mass is 269 g/mol. The summed E-state index contributed by atoms with van der Waals surface area (Å²) in [5.74, 6) is -0.748. The van der Waals surface area contributed by atoms with Crippen molar-refractivity contribution in [1.82, 2.24) is 4.90 Å². The summed E-state index contributed by atoms with van der Waals surface area (Å²) in [4.78, 5) is 25.4. The summed E-state index contributed by atoms with van der Waals surface area (Å²) in [6.07, 6.45) is 1.78. The van der Waals surface area contributed by atoms with Crippen LogP contribution >= 0.6 is 0 Å². The highest BCUT2D eigenvalue weighted by Gasteiger charge is 2.67. The van der Waals surface area contributed by atoms with E-state index < -0.39 is 23.3 Å². The lowest BCUT2D eigenvalue weighted by Gasteiger charge is -2.39. The van der Waals surface area contributed by atoms with E-state index in [0.29, 0.717) is 25.8 Å². The van der Waals surface area contributed by atoms with E-state index in [4.69, 9.17) is 4.74 Å². The highest BCUT2D eigenvalue weighted by molar-refractivity contribution is 5.84. The first-order valence-electron chi connectivity index (χ1n) is 6.83. The van der Waals surface area contributed by atoms with Gasteiger partial charge >= 0.3 is 5.97 Å². The van der Waals surface area contributed by atoms with Crippen LogP contribution < -0.4 is 0 Å². The molecule has 3 aliphatic heterocycles. The molecule has 19 heavy (non-hydrogen) atoms. The summed E-state index contributed by atoms with van der Waals surface area (Å²) >= 11 is 0. The number of aliphatic hydroxyl groups excluding tert-OH is 1. The molecule has 3 aliphatic rings. The molecule has 0 aromatic carbocycles. The number of aliphatic hydroxyl groups is 2. The van der Waals surface area contributed by atoms with Crippen LogP contribution in [0, 0.1) is 0 Å². The summed E-state index contributed by atoms with van der Waals surface area (Å²) in [6.45, 7) is 1.92. The van der Waals surface area contributed by atoms with Crippen molar-refractivity contribution < 1.29 is 24.5 Å². The first kappa shape index (κ1) is 12.9. The van der Waals surface area contributed by atoms with Gasteiger partial charge in [-0.05, 0) is 32.6 Å². The number of rotatable bonds is 0. The minimum Gasteiger partial charge on any atom is -0.452 e. The third-order valence-electron chi connectivity index (χ3n) is 4.80. The van der Waals surface area contributed by atoms with E-state index in [1.807, 2.05) is 0 Å². The summed E-state index contributed by atoms with van der Waals surface area (Å²) in [5.41, 5.74) is -3.02. The molecule has 0 aliphatic carbocycles. The number of esters is 1. The highest BCUT2D eigenvalue weighted by atomic mass is 16.6. The Balaban J connectivity index is 2.02. The number of amides is 1. The van der Waals surface area contributed by atoms with Crippen LogP contribution in [0.4, 0.5) is 0 Å². The van der Waals surface area contributed by atoms with Gasteiger partial charge in [0.05, 0.1) is 6.04 Å². The predicted molar refractivity (Wildman–Crippen MR) is 64.0 cm³/mol. The summed E-state index contributed by atoms with van der Waals surface area (Å²) < 4.78 is 5.43. The standard InChI is InChI=1S/C13H19NO5/c1-12(18)10(16)13(19-11(12)17)6-2-3-7-14-8(13)4-5-9(14)15/h8,10,16,18H,2-7H2,1H3/t8-,10-,12+,13+/m0/s1. The zero-order valence-corrected chi connectivity index (χ0v) is 11.0. The molecule has 1 spiro atoms. The Morgan fingerprint density at radius 3 is 2.74 bits per heavy atom. The zero-order valence-electron chi connectivity index (χ0n) is 11.0. The van der Waals surface area contributed by atoms with E-state index in [9.17, 15) is 19.8 Å². The fourth-order valence-corrected chi connectivity index (χ4v) is 3.73. The maximum Gasteiger partial charge on any atom is 0.341 e. The minimum atomic E-state index is -1.89. The van der Waals surface area contributed by atoms with Gasteiger partial charge in [-0.1, -0.05) is 0 Å². The van der Waals surface area contributed by atoms with Crippen molar-refractivity contribution >= 4 is 11.9 Å². The van der Waals surface area contributed by atoms with E-state index in [1.165, 1.54) is 6.92 Å². The van der Waals surface area contributed by atoms with E-state index in [-0.39, 0.29) is 11.9 Å². The first-order valence-corrected chi connectivity index (χ1v) is 6.83. The molecule has 4 atom stereocenters. The summed E-state index contributed by atoms with van der Waals surface area (Å²) in [7, 11) is 0. The SMILES string of the molecule is C[C@]1(O)C(=O)O[C@@]2(CCCCN3C(=O)CC[C@H]32)[C@H]1O. The van der Waals surface area contributed by atoms with Gasteiger partial charge in [-0.15, -0.1) is 0 Å². The van der Waals surface area contributed by atoms with Gasteiger partial charge in [0.25, 0.3) is 0 Å². The Hall–Kier alpha value is -1.14. The number of nitrogens with zero attached hydrogens (tertiary/aromatic N) is 1. The Kier molecular flexibility index (Phi) is 2.66. The molecule has 6 nitrogen and oxygen atoms in total. The van der Waals surface area contributed by atoms with Crippen LogP contribution in [0.25, 0.3) is 0 Å². The number of hydrogen-bond acceptors (Lipinski definition) is 5. The van der Waals surface area contributed by atoms with E-state index in [2.05, 4.69) is 0 Å². The second kappa shape index (κ2) is 3.93. The van der Waals surface area contributed by atoms with Gasteiger partial charge in [0.15, 0.2) is 11.2 Å². The molecule has 3 heterocycles. The van der Waals surface area contributed by atoms with Crippen LogP contribution in [-0.2, 0) is 14.3 Å². The van der Waals surface area contributed by atoms with Crippen molar-refractivity contribution in [2.75, 3.05) is 6.54 Å². The second-order valence-electron chi connectivity index (χ2n) is 5.99. The zero-order chi connectivity index (χ0) is 13.8. The van der Waals surface area contributed by atoms with Crippen LogP contribution in [0.15, 0.2) is 0 Å².